The molecule has 0 aliphatic heterocycles. The van der Waals surface area contributed by atoms with Gasteiger partial charge in [0.2, 0.25) is 5.34 Å². The van der Waals surface area contributed by atoms with Crippen LogP contribution >= 0.6 is 7.60 Å². The van der Waals surface area contributed by atoms with Gasteiger partial charge in [0.25, 0.3) is 0 Å². The first-order valence-corrected chi connectivity index (χ1v) is 15.0. The Hall–Kier alpha value is -0.450. The van der Waals surface area contributed by atoms with Crippen molar-refractivity contribution in [2.75, 3.05) is 27.7 Å². The molecule has 0 saturated heterocycles. The molecule has 0 amide bonds. The van der Waals surface area contributed by atoms with Crippen LogP contribution in [0.2, 0.25) is 0 Å². The molecule has 0 spiro atoms. The Morgan fingerprint density at radius 3 is 1.48 bits per heavy atom. The number of hydrogen-bond donors (Lipinski definition) is 3. The molecule has 0 saturated carbocycles. The molecule has 0 aromatic rings. The van der Waals surface area contributed by atoms with E-state index in [-0.39, 0.29) is 13.0 Å². The van der Waals surface area contributed by atoms with Crippen LogP contribution in [0, 0.1) is 0 Å². The zero-order chi connectivity index (χ0) is 25.1. The maximum absolute atomic E-state index is 11.8. The van der Waals surface area contributed by atoms with Crippen molar-refractivity contribution in [2.24, 2.45) is 0 Å². The number of aliphatic hydroxyl groups is 1. The first-order chi connectivity index (χ1) is 15.5. The van der Waals surface area contributed by atoms with Crippen LogP contribution in [0.4, 0.5) is 0 Å². The lowest BCUT2D eigenvalue weighted by Crippen LogP contribution is -2.49. The van der Waals surface area contributed by atoms with E-state index in [0.717, 1.165) is 19.3 Å². The monoisotopic (exact) mass is 488 g/mol. The van der Waals surface area contributed by atoms with E-state index in [9.17, 15) is 19.5 Å². The summed E-state index contributed by atoms with van der Waals surface area (Å²) in [5, 5.41) is 8.55. The van der Waals surface area contributed by atoms with Gasteiger partial charge in [0, 0.05) is 0 Å². The number of allylic oxidation sites excluding steroid dienone is 4. The highest BCUT2D eigenvalue weighted by atomic mass is 31.2. The van der Waals surface area contributed by atoms with E-state index in [1.165, 1.54) is 77.0 Å². The Balaban J connectivity index is 3.69. The molecule has 0 fully saturated rings. The highest BCUT2D eigenvalue weighted by Gasteiger charge is 2.48. The van der Waals surface area contributed by atoms with Crippen LogP contribution in [0.15, 0.2) is 24.3 Å². The summed E-state index contributed by atoms with van der Waals surface area (Å²) in [6, 6.07) is 0. The van der Waals surface area contributed by atoms with Crippen molar-refractivity contribution < 1.29 is 23.9 Å². The fourth-order valence-electron chi connectivity index (χ4n) is 4.14. The van der Waals surface area contributed by atoms with Gasteiger partial charge in [-0.15, -0.1) is 0 Å². The molecule has 0 bridgehead atoms. The lowest BCUT2D eigenvalue weighted by atomic mass is 10.1. The number of hydrogen-bond acceptors (Lipinski definition) is 2. The molecule has 196 valence electrons. The molecule has 3 N–H and O–H groups in total. The zero-order valence-corrected chi connectivity index (χ0v) is 23.1. The quantitative estimate of drug-likeness (QED) is 0.0645. The van der Waals surface area contributed by atoms with E-state index < -0.39 is 12.9 Å². The van der Waals surface area contributed by atoms with E-state index in [2.05, 4.69) is 25.2 Å². The van der Waals surface area contributed by atoms with Gasteiger partial charge < -0.3 is 19.4 Å². The number of rotatable bonds is 22. The van der Waals surface area contributed by atoms with Crippen molar-refractivity contribution >= 4 is 7.60 Å². The first-order valence-electron chi connectivity index (χ1n) is 13.4. The Morgan fingerprint density at radius 1 is 0.667 bits per heavy atom. The van der Waals surface area contributed by atoms with Crippen molar-refractivity contribution in [1.29, 1.82) is 0 Å². The van der Waals surface area contributed by atoms with Gasteiger partial charge in [0.05, 0.1) is 21.1 Å². The molecule has 0 aliphatic rings. The standard InChI is InChI=1S/C27H54NO4P/c1-5-6-7-8-9-10-11-12-13-14-15-16-17-18-19-20-21-22-23-24-25-27(29,33(30,31)32)26-28(2,3)4/h17-18,22-23,29H,5-16,19-21,24-26H2,1-4H3,(H-,30,31,32)/p+1/b18-17-,23-22-. The third kappa shape index (κ3) is 19.5. The molecule has 0 aliphatic carbocycles. The summed E-state index contributed by atoms with van der Waals surface area (Å²) >= 11 is 0. The second-order valence-corrected chi connectivity index (χ2v) is 12.6. The molecule has 0 radical (unpaired) electrons. The van der Waals surface area contributed by atoms with Gasteiger partial charge in [-0.25, -0.2) is 0 Å². The van der Waals surface area contributed by atoms with Crippen molar-refractivity contribution in [2.45, 2.75) is 121 Å². The van der Waals surface area contributed by atoms with Crippen LogP contribution in [-0.4, -0.2) is 52.4 Å². The molecule has 0 heterocycles. The Labute approximate surface area is 205 Å². The average molecular weight is 489 g/mol. The minimum absolute atomic E-state index is 0.0229. The minimum Gasteiger partial charge on any atom is -0.373 e. The fraction of sp³-hybridized carbons (Fsp3) is 0.852. The molecule has 0 rings (SSSR count). The zero-order valence-electron chi connectivity index (χ0n) is 22.2. The summed E-state index contributed by atoms with van der Waals surface area (Å²) in [5.74, 6) is 0. The van der Waals surface area contributed by atoms with Crippen molar-refractivity contribution in [3.05, 3.63) is 24.3 Å². The van der Waals surface area contributed by atoms with Gasteiger partial charge in [-0.1, -0.05) is 95.4 Å². The molecular weight excluding hydrogens is 433 g/mol. The maximum atomic E-state index is 11.8. The molecule has 1 atom stereocenters. The van der Waals surface area contributed by atoms with E-state index in [1.807, 2.05) is 27.2 Å². The van der Waals surface area contributed by atoms with Crippen molar-refractivity contribution in [3.63, 3.8) is 0 Å². The summed E-state index contributed by atoms with van der Waals surface area (Å²) < 4.78 is 12.1. The highest BCUT2D eigenvalue weighted by Crippen LogP contribution is 2.52. The summed E-state index contributed by atoms with van der Waals surface area (Å²) in [5.41, 5.74) is 0. The molecule has 33 heavy (non-hydrogen) atoms. The Bertz CT molecular complexity index is 565. The number of nitrogens with zero attached hydrogens (tertiary/aromatic N) is 1. The fourth-order valence-corrected chi connectivity index (χ4v) is 5.17. The second-order valence-electron chi connectivity index (χ2n) is 10.7. The van der Waals surface area contributed by atoms with Crippen molar-refractivity contribution in [3.8, 4) is 0 Å². The smallest absolute Gasteiger partial charge is 0.362 e. The summed E-state index contributed by atoms with van der Waals surface area (Å²) in [4.78, 5) is 19.2. The normalized spacial score (nSPS) is 15.0. The summed E-state index contributed by atoms with van der Waals surface area (Å²) in [6.45, 7) is 2.29. The van der Waals surface area contributed by atoms with E-state index in [4.69, 9.17) is 0 Å². The largest absolute Gasteiger partial charge is 0.373 e. The minimum atomic E-state index is -4.58. The highest BCUT2D eigenvalue weighted by molar-refractivity contribution is 7.53. The van der Waals surface area contributed by atoms with Gasteiger partial charge in [0.15, 0.2) is 0 Å². The van der Waals surface area contributed by atoms with Crippen LogP contribution in [0.25, 0.3) is 0 Å². The average Bonchev–Trinajstić information content (AvgIpc) is 2.70. The lowest BCUT2D eigenvalue weighted by molar-refractivity contribution is -0.875. The first kappa shape index (κ1) is 32.5. The Kier molecular flexibility index (Phi) is 18.6. The molecule has 6 heteroatoms. The summed E-state index contributed by atoms with van der Waals surface area (Å²) in [7, 11) is 0.880. The topological polar surface area (TPSA) is 77.8 Å². The molecule has 0 aromatic carbocycles. The molecular formula is C27H55NO4P+. The number of unbranched alkanes of at least 4 members (excludes halogenated alkanes) is 13. The van der Waals surface area contributed by atoms with Crippen LogP contribution in [-0.2, 0) is 4.57 Å². The van der Waals surface area contributed by atoms with E-state index >= 15 is 0 Å². The van der Waals surface area contributed by atoms with Crippen LogP contribution < -0.4 is 0 Å². The van der Waals surface area contributed by atoms with Crippen LogP contribution in [0.1, 0.15) is 116 Å². The predicted octanol–water partition coefficient (Wildman–Crippen LogP) is 7.32. The number of quaternary nitrogens is 1. The van der Waals surface area contributed by atoms with E-state index in [1.54, 1.807) is 0 Å². The van der Waals surface area contributed by atoms with Crippen LogP contribution in [0.3, 0.4) is 0 Å². The van der Waals surface area contributed by atoms with E-state index in [0.29, 0.717) is 10.9 Å². The van der Waals surface area contributed by atoms with Gasteiger partial charge >= 0.3 is 7.60 Å². The van der Waals surface area contributed by atoms with Gasteiger partial charge in [-0.05, 0) is 44.9 Å². The molecule has 5 nitrogen and oxygen atoms in total. The summed E-state index contributed by atoms with van der Waals surface area (Å²) in [6.07, 6.45) is 28.6. The maximum Gasteiger partial charge on any atom is 0.362 e. The lowest BCUT2D eigenvalue weighted by Gasteiger charge is -2.35. The third-order valence-electron chi connectivity index (χ3n) is 6.03. The van der Waals surface area contributed by atoms with Gasteiger partial charge in [-0.3, -0.25) is 4.57 Å². The third-order valence-corrected chi connectivity index (χ3v) is 7.48. The Morgan fingerprint density at radius 2 is 1.06 bits per heavy atom. The molecule has 0 aromatic heterocycles. The number of likely N-dealkylation sites (N-methyl/N-ethyl adjacent to an activating group) is 1. The van der Waals surface area contributed by atoms with Gasteiger partial charge in [-0.2, -0.15) is 0 Å². The van der Waals surface area contributed by atoms with Crippen LogP contribution in [0.5, 0.6) is 0 Å². The van der Waals surface area contributed by atoms with Gasteiger partial charge in [0.1, 0.15) is 6.54 Å². The second kappa shape index (κ2) is 18.8. The predicted molar refractivity (Wildman–Crippen MR) is 142 cm³/mol. The SMILES string of the molecule is CCCCCCCCCCCCC/C=C\CCC/C=C\CCC(O)(C[N+](C)(C)C)P(=O)(O)O. The molecule has 1 unspecified atom stereocenters. The van der Waals surface area contributed by atoms with Crippen molar-refractivity contribution in [1.82, 2.24) is 0 Å².